The number of thiophene rings is 1. The van der Waals surface area contributed by atoms with Crippen molar-refractivity contribution >= 4 is 17.3 Å². The van der Waals surface area contributed by atoms with Crippen LogP contribution in [0.1, 0.15) is 43.4 Å². The van der Waals surface area contributed by atoms with Crippen LogP contribution in [0, 0.1) is 0 Å². The standard InChI is InChI=1S/C22H34N4O2S/c1-6-23-22(24-14-19(26(4)5)21-8-7-13-29-21)25-15-20(27)17-9-11-18(12-10-17)28-16(2)3/h7-13,16,19-20,27H,6,14-15H2,1-5H3,(H2,23,24,25). The monoisotopic (exact) mass is 418 g/mol. The summed E-state index contributed by atoms with van der Waals surface area (Å²) in [5, 5.41) is 19.1. The number of hydrogen-bond acceptors (Lipinski definition) is 5. The van der Waals surface area contributed by atoms with Gasteiger partial charge in [0.1, 0.15) is 5.75 Å². The smallest absolute Gasteiger partial charge is 0.191 e. The molecule has 6 nitrogen and oxygen atoms in total. The summed E-state index contributed by atoms with van der Waals surface area (Å²) in [5.74, 6) is 1.51. The number of nitrogens with zero attached hydrogens (tertiary/aromatic N) is 2. The number of aliphatic hydroxyl groups excluding tert-OH is 1. The molecule has 0 amide bonds. The van der Waals surface area contributed by atoms with E-state index in [9.17, 15) is 5.11 Å². The molecule has 0 saturated heterocycles. The predicted octanol–water partition coefficient (Wildman–Crippen LogP) is 3.43. The maximum atomic E-state index is 10.5. The molecular weight excluding hydrogens is 384 g/mol. The van der Waals surface area contributed by atoms with Gasteiger partial charge in [-0.1, -0.05) is 18.2 Å². The lowest BCUT2D eigenvalue weighted by molar-refractivity contribution is 0.180. The predicted molar refractivity (Wildman–Crippen MR) is 122 cm³/mol. The summed E-state index contributed by atoms with van der Waals surface area (Å²) < 4.78 is 5.65. The average molecular weight is 419 g/mol. The van der Waals surface area contributed by atoms with Gasteiger partial charge in [-0.15, -0.1) is 11.3 Å². The third-order valence-corrected chi connectivity index (χ3v) is 5.33. The van der Waals surface area contributed by atoms with Crippen LogP contribution in [-0.2, 0) is 0 Å². The van der Waals surface area contributed by atoms with Crippen LogP contribution < -0.4 is 15.4 Å². The van der Waals surface area contributed by atoms with Crippen molar-refractivity contribution in [2.75, 3.05) is 33.7 Å². The van der Waals surface area contributed by atoms with E-state index in [0.717, 1.165) is 17.9 Å². The summed E-state index contributed by atoms with van der Waals surface area (Å²) in [4.78, 5) is 8.20. The van der Waals surface area contributed by atoms with Crippen LogP contribution in [0.5, 0.6) is 5.75 Å². The lowest BCUT2D eigenvalue weighted by atomic mass is 10.1. The molecule has 0 fully saturated rings. The molecule has 2 aromatic rings. The summed E-state index contributed by atoms with van der Waals surface area (Å²) in [6.07, 6.45) is -0.500. The molecule has 2 atom stereocenters. The van der Waals surface area contributed by atoms with Crippen molar-refractivity contribution < 1.29 is 9.84 Å². The fraction of sp³-hybridized carbons (Fsp3) is 0.500. The van der Waals surface area contributed by atoms with Gasteiger partial charge in [-0.3, -0.25) is 4.99 Å². The Labute approximate surface area is 178 Å². The van der Waals surface area contributed by atoms with Crippen molar-refractivity contribution in [3.8, 4) is 5.75 Å². The van der Waals surface area contributed by atoms with E-state index in [-0.39, 0.29) is 12.1 Å². The van der Waals surface area contributed by atoms with Gasteiger partial charge >= 0.3 is 0 Å². The zero-order valence-corrected chi connectivity index (χ0v) is 18.9. The summed E-state index contributed by atoms with van der Waals surface area (Å²) in [6.45, 7) is 7.79. The van der Waals surface area contributed by atoms with Crippen LogP contribution in [-0.4, -0.2) is 55.8 Å². The van der Waals surface area contributed by atoms with Crippen LogP contribution in [0.25, 0.3) is 0 Å². The van der Waals surface area contributed by atoms with E-state index in [2.05, 4.69) is 47.1 Å². The highest BCUT2D eigenvalue weighted by Crippen LogP contribution is 2.23. The van der Waals surface area contributed by atoms with Gasteiger partial charge in [0.2, 0.25) is 0 Å². The summed E-state index contributed by atoms with van der Waals surface area (Å²) in [7, 11) is 4.13. The number of aliphatic imine (C=N–C) groups is 1. The largest absolute Gasteiger partial charge is 0.491 e. The first kappa shape index (κ1) is 23.2. The number of aliphatic hydroxyl groups is 1. The van der Waals surface area contributed by atoms with Gasteiger partial charge < -0.3 is 25.4 Å². The number of hydrogen-bond donors (Lipinski definition) is 3. The maximum absolute atomic E-state index is 10.5. The van der Waals surface area contributed by atoms with Gasteiger partial charge in [0, 0.05) is 18.0 Å². The second-order valence-electron chi connectivity index (χ2n) is 7.35. The van der Waals surface area contributed by atoms with Crippen LogP contribution >= 0.6 is 11.3 Å². The number of rotatable bonds is 10. The average Bonchev–Trinajstić information content (AvgIpc) is 3.20. The Balaban J connectivity index is 1.96. The molecule has 1 heterocycles. The van der Waals surface area contributed by atoms with Crippen molar-refractivity contribution in [2.24, 2.45) is 4.99 Å². The molecule has 0 radical (unpaired) electrons. The molecule has 29 heavy (non-hydrogen) atoms. The Kier molecular flexibility index (Phi) is 9.44. The minimum absolute atomic E-state index is 0.131. The van der Waals surface area contributed by atoms with Crippen molar-refractivity contribution in [3.05, 3.63) is 52.2 Å². The lowest BCUT2D eigenvalue weighted by Gasteiger charge is -2.22. The van der Waals surface area contributed by atoms with E-state index < -0.39 is 6.10 Å². The normalized spacial score (nSPS) is 14.1. The van der Waals surface area contributed by atoms with E-state index in [1.807, 2.05) is 45.0 Å². The van der Waals surface area contributed by atoms with Gasteiger partial charge in [0.15, 0.2) is 5.96 Å². The van der Waals surface area contributed by atoms with Crippen molar-refractivity contribution in [1.82, 2.24) is 15.5 Å². The molecule has 0 aliphatic heterocycles. The molecule has 1 aromatic heterocycles. The third kappa shape index (κ3) is 7.68. The van der Waals surface area contributed by atoms with Crippen molar-refractivity contribution in [3.63, 3.8) is 0 Å². The highest BCUT2D eigenvalue weighted by Gasteiger charge is 2.15. The Bertz CT molecular complexity index is 730. The van der Waals surface area contributed by atoms with Crippen LogP contribution in [0.3, 0.4) is 0 Å². The fourth-order valence-corrected chi connectivity index (χ4v) is 3.77. The molecule has 3 N–H and O–H groups in total. The van der Waals surface area contributed by atoms with Crippen LogP contribution in [0.15, 0.2) is 46.8 Å². The van der Waals surface area contributed by atoms with E-state index >= 15 is 0 Å². The molecule has 1 aromatic carbocycles. The zero-order chi connectivity index (χ0) is 21.2. The van der Waals surface area contributed by atoms with E-state index in [1.54, 1.807) is 11.3 Å². The third-order valence-electron chi connectivity index (χ3n) is 4.36. The molecule has 0 aliphatic rings. The molecule has 7 heteroatoms. The van der Waals surface area contributed by atoms with E-state index in [0.29, 0.717) is 19.0 Å². The van der Waals surface area contributed by atoms with Gasteiger partial charge in [0.25, 0.3) is 0 Å². The minimum atomic E-state index is -0.631. The molecule has 0 saturated carbocycles. The minimum Gasteiger partial charge on any atom is -0.491 e. The number of likely N-dealkylation sites (N-methyl/N-ethyl adjacent to an activating group) is 1. The summed E-state index contributed by atoms with van der Waals surface area (Å²) in [6, 6.07) is 12.0. The molecule has 2 rings (SSSR count). The Hall–Kier alpha value is -2.09. The first-order valence-corrected chi connectivity index (χ1v) is 10.9. The Morgan fingerprint density at radius 2 is 1.90 bits per heavy atom. The summed E-state index contributed by atoms with van der Waals surface area (Å²) in [5.41, 5.74) is 0.842. The number of benzene rings is 1. The number of nitrogens with one attached hydrogen (secondary N) is 2. The van der Waals surface area contributed by atoms with Gasteiger partial charge in [-0.05, 0) is 64.0 Å². The second-order valence-corrected chi connectivity index (χ2v) is 8.33. The topological polar surface area (TPSA) is 69.1 Å². The van der Waals surface area contributed by atoms with Crippen LogP contribution in [0.2, 0.25) is 0 Å². The Morgan fingerprint density at radius 3 is 2.45 bits per heavy atom. The van der Waals surface area contributed by atoms with E-state index in [4.69, 9.17) is 9.73 Å². The zero-order valence-electron chi connectivity index (χ0n) is 18.1. The van der Waals surface area contributed by atoms with Gasteiger partial charge in [-0.2, -0.15) is 0 Å². The second kappa shape index (κ2) is 11.8. The first-order chi connectivity index (χ1) is 13.9. The number of ether oxygens (including phenoxy) is 1. The van der Waals surface area contributed by atoms with Crippen molar-refractivity contribution in [1.29, 1.82) is 0 Å². The fourth-order valence-electron chi connectivity index (χ4n) is 2.86. The maximum Gasteiger partial charge on any atom is 0.191 e. The molecule has 0 bridgehead atoms. The summed E-state index contributed by atoms with van der Waals surface area (Å²) >= 11 is 1.74. The quantitative estimate of drug-likeness (QED) is 0.407. The van der Waals surface area contributed by atoms with Crippen molar-refractivity contribution in [2.45, 2.75) is 39.0 Å². The highest BCUT2D eigenvalue weighted by molar-refractivity contribution is 7.10. The number of guanidine groups is 1. The Morgan fingerprint density at radius 1 is 1.17 bits per heavy atom. The first-order valence-electron chi connectivity index (χ1n) is 10.1. The molecule has 0 aliphatic carbocycles. The lowest BCUT2D eigenvalue weighted by Crippen LogP contribution is -2.40. The SMILES string of the molecule is CCNC(=NCC(c1cccs1)N(C)C)NCC(O)c1ccc(OC(C)C)cc1. The van der Waals surface area contributed by atoms with Crippen LogP contribution in [0.4, 0.5) is 0 Å². The molecule has 0 spiro atoms. The van der Waals surface area contributed by atoms with E-state index in [1.165, 1.54) is 4.88 Å². The highest BCUT2D eigenvalue weighted by atomic mass is 32.1. The molecule has 160 valence electrons. The molecule has 2 unspecified atom stereocenters. The molecular formula is C22H34N4O2S. The van der Waals surface area contributed by atoms with Gasteiger partial charge in [-0.25, -0.2) is 0 Å². The van der Waals surface area contributed by atoms with Gasteiger partial charge in [0.05, 0.1) is 24.8 Å².